The summed E-state index contributed by atoms with van der Waals surface area (Å²) in [7, 11) is 3.90. The third-order valence-electron chi connectivity index (χ3n) is 3.99. The van der Waals surface area contributed by atoms with E-state index in [0.717, 1.165) is 37.6 Å². The molecule has 1 heterocycles. The Morgan fingerprint density at radius 3 is 2.46 bits per heavy atom. The molecule has 1 saturated heterocycles. The van der Waals surface area contributed by atoms with Crippen LogP contribution in [0.4, 0.5) is 5.69 Å². The molecule has 1 amide bonds. The van der Waals surface area contributed by atoms with E-state index >= 15 is 0 Å². The first kappa shape index (κ1) is 18.5. The molecule has 2 rings (SSSR count). The molecule has 1 aliphatic rings. The lowest BCUT2D eigenvalue weighted by Crippen LogP contribution is -2.50. The van der Waals surface area contributed by atoms with Gasteiger partial charge in [-0.3, -0.25) is 4.79 Å². The van der Waals surface area contributed by atoms with Crippen LogP contribution >= 0.6 is 12.2 Å². The predicted molar refractivity (Wildman–Crippen MR) is 101 cm³/mol. The van der Waals surface area contributed by atoms with Gasteiger partial charge in [-0.2, -0.15) is 0 Å². The Hall–Kier alpha value is -1.86. The molecule has 1 N–H and O–H groups in total. The number of hydrogen-bond acceptors (Lipinski definition) is 4. The van der Waals surface area contributed by atoms with Gasteiger partial charge in [0.1, 0.15) is 5.75 Å². The first-order chi connectivity index (χ1) is 11.5. The number of likely N-dealkylation sites (N-methyl/N-ethyl adjacent to an activating group) is 2. The quantitative estimate of drug-likeness (QED) is 0.812. The first-order valence-corrected chi connectivity index (χ1v) is 8.61. The molecule has 0 saturated carbocycles. The minimum absolute atomic E-state index is 0.112. The van der Waals surface area contributed by atoms with E-state index in [1.54, 1.807) is 4.90 Å². The van der Waals surface area contributed by atoms with Crippen molar-refractivity contribution >= 4 is 28.9 Å². The van der Waals surface area contributed by atoms with Crippen molar-refractivity contribution in [2.24, 2.45) is 0 Å². The minimum atomic E-state index is 0.112. The lowest BCUT2D eigenvalue weighted by molar-refractivity contribution is -0.132. The number of carbonyl (C=O) groups is 1. The fourth-order valence-corrected chi connectivity index (χ4v) is 2.63. The molecule has 0 radical (unpaired) electrons. The Bertz CT molecular complexity index is 556. The fourth-order valence-electron chi connectivity index (χ4n) is 2.45. The molecule has 0 atom stereocenters. The Balaban J connectivity index is 1.82. The molecule has 1 aromatic carbocycles. The molecule has 0 spiro atoms. The number of nitrogens with one attached hydrogen (secondary N) is 1. The zero-order valence-corrected chi connectivity index (χ0v) is 15.4. The van der Waals surface area contributed by atoms with E-state index in [2.05, 4.69) is 17.3 Å². The highest BCUT2D eigenvalue weighted by molar-refractivity contribution is 7.80. The molecule has 1 fully saturated rings. The molecular weight excluding hydrogens is 324 g/mol. The molecule has 1 aliphatic heterocycles. The lowest BCUT2D eigenvalue weighted by Gasteiger charge is -2.33. The topological polar surface area (TPSA) is 48.1 Å². The van der Waals surface area contributed by atoms with Crippen LogP contribution in [0.1, 0.15) is 6.92 Å². The summed E-state index contributed by atoms with van der Waals surface area (Å²) in [6, 6.07) is 7.61. The maximum atomic E-state index is 12.4. The van der Waals surface area contributed by atoms with Gasteiger partial charge in [0.15, 0.2) is 5.11 Å². The summed E-state index contributed by atoms with van der Waals surface area (Å²) >= 11 is 5.39. The van der Waals surface area contributed by atoms with Crippen LogP contribution in [0.15, 0.2) is 24.3 Å². The highest BCUT2D eigenvalue weighted by Gasteiger charge is 2.20. The monoisotopic (exact) mass is 350 g/mol. The Morgan fingerprint density at radius 1 is 1.25 bits per heavy atom. The Labute approximate surface area is 149 Å². The van der Waals surface area contributed by atoms with Crippen molar-refractivity contribution in [3.63, 3.8) is 0 Å². The number of benzene rings is 1. The van der Waals surface area contributed by atoms with Crippen molar-refractivity contribution in [2.75, 3.05) is 58.7 Å². The summed E-state index contributed by atoms with van der Waals surface area (Å²) in [5, 5.41) is 3.68. The molecule has 24 heavy (non-hydrogen) atoms. The van der Waals surface area contributed by atoms with Gasteiger partial charge in [-0.05, 0) is 50.5 Å². The largest absolute Gasteiger partial charge is 0.494 e. The number of nitrogens with zero attached hydrogens (tertiary/aromatic N) is 3. The summed E-state index contributed by atoms with van der Waals surface area (Å²) in [5.41, 5.74) is 0.877. The molecule has 0 bridgehead atoms. The standard InChI is InChI=1S/C17H26N4O2S/c1-4-23-15-7-5-14(6-8-15)18-17(24)20(3)13-16(22)21-11-9-19(2)10-12-21/h5-8H,4,9-13H2,1-3H3,(H,18,24). The van der Waals surface area contributed by atoms with E-state index in [0.29, 0.717) is 11.7 Å². The Morgan fingerprint density at radius 2 is 1.88 bits per heavy atom. The maximum Gasteiger partial charge on any atom is 0.242 e. The zero-order valence-electron chi connectivity index (χ0n) is 14.6. The van der Waals surface area contributed by atoms with Gasteiger partial charge >= 0.3 is 0 Å². The third-order valence-corrected chi connectivity index (χ3v) is 4.41. The molecular formula is C17H26N4O2S. The van der Waals surface area contributed by atoms with E-state index in [9.17, 15) is 4.79 Å². The summed E-state index contributed by atoms with van der Waals surface area (Å²) in [6.45, 7) is 6.28. The van der Waals surface area contributed by atoms with Crippen molar-refractivity contribution in [3.8, 4) is 5.75 Å². The van der Waals surface area contributed by atoms with E-state index in [-0.39, 0.29) is 12.5 Å². The van der Waals surface area contributed by atoms with Gasteiger partial charge in [0.05, 0.1) is 13.2 Å². The second-order valence-corrected chi connectivity index (χ2v) is 6.31. The van der Waals surface area contributed by atoms with E-state index in [4.69, 9.17) is 17.0 Å². The summed E-state index contributed by atoms with van der Waals surface area (Å²) in [5.74, 6) is 0.939. The number of carbonyl (C=O) groups excluding carboxylic acids is 1. The SMILES string of the molecule is CCOc1ccc(NC(=S)N(C)CC(=O)N2CCN(C)CC2)cc1. The molecule has 1 aromatic rings. The van der Waals surface area contributed by atoms with Crippen LogP contribution in [0.5, 0.6) is 5.75 Å². The molecule has 6 nitrogen and oxygen atoms in total. The van der Waals surface area contributed by atoms with Crippen molar-refractivity contribution in [3.05, 3.63) is 24.3 Å². The molecule has 0 aromatic heterocycles. The molecule has 7 heteroatoms. The van der Waals surface area contributed by atoms with Gasteiger partial charge in [-0.15, -0.1) is 0 Å². The normalized spacial score (nSPS) is 15.0. The zero-order chi connectivity index (χ0) is 17.5. The number of ether oxygens (including phenoxy) is 1. The van der Waals surface area contributed by atoms with Gasteiger partial charge in [-0.1, -0.05) is 0 Å². The lowest BCUT2D eigenvalue weighted by atomic mass is 10.3. The van der Waals surface area contributed by atoms with E-state index < -0.39 is 0 Å². The highest BCUT2D eigenvalue weighted by Crippen LogP contribution is 2.16. The molecule has 0 unspecified atom stereocenters. The van der Waals surface area contributed by atoms with Crippen molar-refractivity contribution in [2.45, 2.75) is 6.92 Å². The van der Waals surface area contributed by atoms with Crippen LogP contribution in [-0.2, 0) is 4.79 Å². The van der Waals surface area contributed by atoms with Crippen LogP contribution in [0.2, 0.25) is 0 Å². The van der Waals surface area contributed by atoms with Gasteiger partial charge in [0, 0.05) is 38.9 Å². The second-order valence-electron chi connectivity index (χ2n) is 5.93. The second kappa shape index (κ2) is 8.84. The van der Waals surface area contributed by atoms with Crippen LogP contribution < -0.4 is 10.1 Å². The van der Waals surface area contributed by atoms with Crippen LogP contribution in [0.25, 0.3) is 0 Å². The number of hydrogen-bond donors (Lipinski definition) is 1. The fraction of sp³-hybridized carbons (Fsp3) is 0.529. The van der Waals surface area contributed by atoms with Crippen molar-refractivity contribution in [1.29, 1.82) is 0 Å². The molecule has 0 aliphatic carbocycles. The van der Waals surface area contributed by atoms with E-state index in [1.165, 1.54) is 0 Å². The van der Waals surface area contributed by atoms with Crippen molar-refractivity contribution < 1.29 is 9.53 Å². The summed E-state index contributed by atoms with van der Waals surface area (Å²) < 4.78 is 5.42. The maximum absolute atomic E-state index is 12.4. The van der Waals surface area contributed by atoms with Crippen molar-refractivity contribution in [1.82, 2.24) is 14.7 Å². The van der Waals surface area contributed by atoms with Gasteiger partial charge in [0.25, 0.3) is 0 Å². The summed E-state index contributed by atoms with van der Waals surface area (Å²) in [4.78, 5) is 18.2. The average Bonchev–Trinajstić information content (AvgIpc) is 2.57. The van der Waals surface area contributed by atoms with Crippen LogP contribution in [0, 0.1) is 0 Å². The highest BCUT2D eigenvalue weighted by atomic mass is 32.1. The number of anilines is 1. The smallest absolute Gasteiger partial charge is 0.242 e. The average molecular weight is 350 g/mol. The summed E-state index contributed by atoms with van der Waals surface area (Å²) in [6.07, 6.45) is 0. The van der Waals surface area contributed by atoms with Crippen LogP contribution in [0.3, 0.4) is 0 Å². The number of rotatable bonds is 5. The van der Waals surface area contributed by atoms with Crippen LogP contribution in [-0.4, -0.2) is 79.1 Å². The third kappa shape index (κ3) is 5.35. The number of thiocarbonyl (C=S) groups is 1. The van der Waals surface area contributed by atoms with Gasteiger partial charge in [0.2, 0.25) is 5.91 Å². The Kier molecular flexibility index (Phi) is 6.81. The first-order valence-electron chi connectivity index (χ1n) is 8.21. The van der Waals surface area contributed by atoms with Gasteiger partial charge < -0.3 is 24.8 Å². The number of piperazine rings is 1. The molecule has 132 valence electrons. The van der Waals surface area contributed by atoms with E-state index in [1.807, 2.05) is 43.1 Å². The van der Waals surface area contributed by atoms with Gasteiger partial charge in [-0.25, -0.2) is 0 Å². The number of amides is 1. The minimum Gasteiger partial charge on any atom is -0.494 e. The predicted octanol–water partition coefficient (Wildman–Crippen LogP) is 1.49.